The van der Waals surface area contributed by atoms with Crippen LogP contribution in [0.15, 0.2) is 65.1 Å². The highest BCUT2D eigenvalue weighted by Crippen LogP contribution is 2.35. The molecule has 0 aliphatic carbocycles. The van der Waals surface area contributed by atoms with E-state index in [4.69, 9.17) is 25.8 Å². The van der Waals surface area contributed by atoms with Gasteiger partial charge in [0.2, 0.25) is 5.91 Å². The Morgan fingerprint density at radius 3 is 2.66 bits per heavy atom. The minimum Gasteiger partial charge on any atom is -0.490 e. The second-order valence-corrected chi connectivity index (χ2v) is 11.2. The summed E-state index contributed by atoms with van der Waals surface area (Å²) < 4.78 is 18.0. The van der Waals surface area contributed by atoms with Crippen LogP contribution in [-0.4, -0.2) is 35.7 Å². The molecule has 200 valence electrons. The van der Waals surface area contributed by atoms with Gasteiger partial charge in [-0.25, -0.2) is 4.79 Å². The van der Waals surface area contributed by atoms with E-state index in [0.717, 1.165) is 16.7 Å². The van der Waals surface area contributed by atoms with E-state index in [0.29, 0.717) is 53.0 Å². The van der Waals surface area contributed by atoms with Gasteiger partial charge in [0.15, 0.2) is 0 Å². The Morgan fingerprint density at radius 1 is 1.11 bits per heavy atom. The second kappa shape index (κ2) is 12.1. The van der Waals surface area contributed by atoms with Gasteiger partial charge in [0.1, 0.15) is 30.3 Å². The molecule has 0 fully saturated rings. The molecule has 1 N–H and O–H groups in total. The van der Waals surface area contributed by atoms with Gasteiger partial charge in [0.25, 0.3) is 0 Å². The highest BCUT2D eigenvalue weighted by molar-refractivity contribution is 9.10. The number of carbonyl (C=O) groups excluding carboxylic acids is 2. The highest BCUT2D eigenvalue weighted by Gasteiger charge is 2.26. The number of fused-ring (bicyclic) bond motifs is 1. The number of benzene rings is 3. The van der Waals surface area contributed by atoms with Gasteiger partial charge in [-0.15, -0.1) is 0 Å². The number of nitrogens with zero attached hydrogens (tertiary/aromatic N) is 1. The van der Waals surface area contributed by atoms with Crippen LogP contribution in [-0.2, 0) is 29.1 Å². The van der Waals surface area contributed by atoms with Crippen molar-refractivity contribution in [2.45, 2.75) is 45.9 Å². The van der Waals surface area contributed by atoms with Gasteiger partial charge in [-0.2, -0.15) is 0 Å². The molecule has 1 aliphatic rings. The van der Waals surface area contributed by atoms with E-state index in [1.54, 1.807) is 11.0 Å². The second-order valence-electron chi connectivity index (χ2n) is 9.95. The fourth-order valence-corrected chi connectivity index (χ4v) is 4.74. The first-order valence-electron chi connectivity index (χ1n) is 12.3. The number of ether oxygens (including phenoxy) is 3. The molecule has 38 heavy (non-hydrogen) atoms. The molecule has 0 unspecified atom stereocenters. The molecule has 0 bridgehead atoms. The van der Waals surface area contributed by atoms with Gasteiger partial charge in [0, 0.05) is 21.8 Å². The van der Waals surface area contributed by atoms with Gasteiger partial charge < -0.3 is 24.4 Å². The summed E-state index contributed by atoms with van der Waals surface area (Å²) in [6.07, 6.45) is -0.241. The van der Waals surface area contributed by atoms with Crippen LogP contribution in [0.5, 0.6) is 11.5 Å². The monoisotopic (exact) mass is 600 g/mol. The number of rotatable bonds is 6. The van der Waals surface area contributed by atoms with Crippen molar-refractivity contribution in [2.24, 2.45) is 0 Å². The van der Waals surface area contributed by atoms with Crippen molar-refractivity contribution in [3.05, 3.63) is 86.8 Å². The molecule has 0 spiro atoms. The molecule has 7 nitrogen and oxygen atoms in total. The Bertz CT molecular complexity index is 1320. The van der Waals surface area contributed by atoms with Crippen molar-refractivity contribution in [2.75, 3.05) is 18.5 Å². The molecule has 0 saturated heterocycles. The van der Waals surface area contributed by atoms with Crippen molar-refractivity contribution in [1.29, 1.82) is 0 Å². The maximum atomic E-state index is 12.9. The normalized spacial score (nSPS) is 13.1. The van der Waals surface area contributed by atoms with Crippen LogP contribution in [0.1, 0.15) is 37.5 Å². The van der Waals surface area contributed by atoms with Gasteiger partial charge >= 0.3 is 6.09 Å². The number of halogens is 2. The van der Waals surface area contributed by atoms with Crippen molar-refractivity contribution < 1.29 is 23.8 Å². The lowest BCUT2D eigenvalue weighted by molar-refractivity contribution is -0.115. The summed E-state index contributed by atoms with van der Waals surface area (Å²) in [6.45, 7) is 6.87. The first-order chi connectivity index (χ1) is 18.1. The molecule has 0 aromatic heterocycles. The summed E-state index contributed by atoms with van der Waals surface area (Å²) in [6, 6.07) is 18.6. The van der Waals surface area contributed by atoms with Crippen LogP contribution in [0, 0.1) is 0 Å². The largest absolute Gasteiger partial charge is 0.490 e. The average Bonchev–Trinajstić information content (AvgIpc) is 3.06. The fraction of sp³-hybridized carbons (Fsp3) is 0.310. The number of carbonyl (C=O) groups is 2. The van der Waals surface area contributed by atoms with E-state index in [1.807, 2.05) is 75.4 Å². The van der Waals surface area contributed by atoms with E-state index in [1.165, 1.54) is 0 Å². The predicted octanol–water partition coefficient (Wildman–Crippen LogP) is 6.99. The van der Waals surface area contributed by atoms with E-state index >= 15 is 0 Å². The molecule has 0 saturated carbocycles. The molecule has 1 heterocycles. The van der Waals surface area contributed by atoms with E-state index in [9.17, 15) is 9.59 Å². The van der Waals surface area contributed by atoms with Crippen LogP contribution in [0.3, 0.4) is 0 Å². The standard InChI is InChI=1S/C29H30BrClN2O5/c1-29(2,3)38-28(35)33-11-12-36-27-21(17-33)15-22(16-24(27)30)32-26(34)14-19-7-6-9-23(13-19)37-18-20-8-4-5-10-25(20)31/h4-10,13,15-16H,11-12,14,17-18H2,1-3H3,(H,32,34). The summed E-state index contributed by atoms with van der Waals surface area (Å²) in [5.74, 6) is 1.12. The maximum absolute atomic E-state index is 12.9. The topological polar surface area (TPSA) is 77.1 Å². The van der Waals surface area contributed by atoms with Gasteiger partial charge in [-0.3, -0.25) is 4.79 Å². The number of hydrogen-bond donors (Lipinski definition) is 1. The zero-order chi connectivity index (χ0) is 27.3. The fourth-order valence-electron chi connectivity index (χ4n) is 3.94. The lowest BCUT2D eigenvalue weighted by Crippen LogP contribution is -2.37. The minimum atomic E-state index is -0.597. The maximum Gasteiger partial charge on any atom is 0.410 e. The quantitative estimate of drug-likeness (QED) is 0.330. The van der Waals surface area contributed by atoms with Crippen molar-refractivity contribution >= 4 is 45.2 Å². The zero-order valence-corrected chi connectivity index (χ0v) is 23.9. The smallest absolute Gasteiger partial charge is 0.410 e. The van der Waals surface area contributed by atoms with Gasteiger partial charge in [0.05, 0.1) is 24.0 Å². The average molecular weight is 602 g/mol. The molecule has 4 rings (SSSR count). The summed E-state index contributed by atoms with van der Waals surface area (Å²) >= 11 is 9.76. The molecule has 9 heteroatoms. The Balaban J connectivity index is 1.41. The van der Waals surface area contributed by atoms with Crippen molar-refractivity contribution in [3.8, 4) is 11.5 Å². The number of nitrogens with one attached hydrogen (secondary N) is 1. The third-order valence-corrected chi connectivity index (χ3v) is 6.60. The van der Waals surface area contributed by atoms with Crippen LogP contribution in [0.4, 0.5) is 10.5 Å². The van der Waals surface area contributed by atoms with E-state index in [-0.39, 0.29) is 12.3 Å². The summed E-state index contributed by atoms with van der Waals surface area (Å²) in [4.78, 5) is 27.1. The summed E-state index contributed by atoms with van der Waals surface area (Å²) in [7, 11) is 0. The Kier molecular flexibility index (Phi) is 8.84. The Labute approximate surface area is 236 Å². The molecular weight excluding hydrogens is 572 g/mol. The number of anilines is 1. The van der Waals surface area contributed by atoms with Gasteiger partial charge in [-0.05, 0) is 72.6 Å². The van der Waals surface area contributed by atoms with Gasteiger partial charge in [-0.1, -0.05) is 41.9 Å². The zero-order valence-electron chi connectivity index (χ0n) is 21.6. The summed E-state index contributed by atoms with van der Waals surface area (Å²) in [5, 5.41) is 3.60. The van der Waals surface area contributed by atoms with Crippen LogP contribution in [0.25, 0.3) is 0 Å². The molecule has 0 radical (unpaired) electrons. The Hall–Kier alpha value is -3.23. The van der Waals surface area contributed by atoms with E-state index in [2.05, 4.69) is 21.2 Å². The third-order valence-electron chi connectivity index (χ3n) is 5.64. The first-order valence-corrected chi connectivity index (χ1v) is 13.4. The van der Waals surface area contributed by atoms with E-state index < -0.39 is 11.7 Å². The highest BCUT2D eigenvalue weighted by atomic mass is 79.9. The molecular formula is C29H30BrClN2O5. The molecule has 0 atom stereocenters. The molecule has 3 aromatic carbocycles. The number of hydrogen-bond acceptors (Lipinski definition) is 5. The predicted molar refractivity (Wildman–Crippen MR) is 151 cm³/mol. The molecule has 2 amide bonds. The molecule has 1 aliphatic heterocycles. The van der Waals surface area contributed by atoms with Crippen LogP contribution in [0.2, 0.25) is 5.02 Å². The SMILES string of the molecule is CC(C)(C)OC(=O)N1CCOc2c(Br)cc(NC(=O)Cc3cccc(OCc4ccccc4Cl)c3)cc2C1. The number of amides is 2. The van der Waals surface area contributed by atoms with Crippen LogP contribution >= 0.6 is 27.5 Å². The first kappa shape index (κ1) is 27.8. The van der Waals surface area contributed by atoms with Crippen molar-refractivity contribution in [1.82, 2.24) is 4.90 Å². The minimum absolute atomic E-state index is 0.165. The molecule has 3 aromatic rings. The van der Waals surface area contributed by atoms with Crippen LogP contribution < -0.4 is 14.8 Å². The Morgan fingerprint density at radius 2 is 1.89 bits per heavy atom. The summed E-state index contributed by atoms with van der Waals surface area (Å²) in [5.41, 5.74) is 2.47. The lowest BCUT2D eigenvalue weighted by Gasteiger charge is -2.26. The van der Waals surface area contributed by atoms with Crippen molar-refractivity contribution in [3.63, 3.8) is 0 Å². The third kappa shape index (κ3) is 7.65. The lowest BCUT2D eigenvalue weighted by atomic mass is 10.1.